The molecule has 0 unspecified atom stereocenters. The number of furan rings is 1. The number of benzene rings is 6. The van der Waals surface area contributed by atoms with Crippen molar-refractivity contribution in [1.82, 2.24) is 4.57 Å². The van der Waals surface area contributed by atoms with Crippen LogP contribution in [0.4, 0.5) is 0 Å². The summed E-state index contributed by atoms with van der Waals surface area (Å²) in [6, 6.07) is 41.7. The van der Waals surface area contributed by atoms with Crippen LogP contribution < -0.4 is 10.4 Å². The lowest BCUT2D eigenvalue weighted by Gasteiger charge is -2.13. The number of aromatic nitrogens is 1. The van der Waals surface area contributed by atoms with Crippen LogP contribution in [0.5, 0.6) is 0 Å². The monoisotopic (exact) mass is 629 g/mol. The first-order valence-corrected chi connectivity index (χ1v) is 16.7. The Labute approximate surface area is 286 Å². The van der Waals surface area contributed by atoms with E-state index in [0.717, 1.165) is 50.1 Å². The second kappa shape index (κ2) is 12.4. The summed E-state index contributed by atoms with van der Waals surface area (Å²) in [6.07, 6.45) is 16.2. The SMILES string of the molecule is C#CC/C=C\c1oc2c(-c3ccc4c(c3)c3ccccc3n4-c3cccc(-c4c(=C/C=C)/c(=C\C)cc5ccccc45)c3)cccc2c1C. The summed E-state index contributed by atoms with van der Waals surface area (Å²) in [5, 5.41) is 8.34. The van der Waals surface area contributed by atoms with Gasteiger partial charge in [-0.05, 0) is 94.2 Å². The Morgan fingerprint density at radius 1 is 0.776 bits per heavy atom. The van der Waals surface area contributed by atoms with Crippen molar-refractivity contribution in [2.75, 3.05) is 0 Å². The molecule has 0 spiro atoms. The zero-order valence-electron chi connectivity index (χ0n) is 27.7. The summed E-state index contributed by atoms with van der Waals surface area (Å²) >= 11 is 0. The second-order valence-electron chi connectivity index (χ2n) is 12.4. The van der Waals surface area contributed by atoms with Gasteiger partial charge in [0.1, 0.15) is 11.3 Å². The average Bonchev–Trinajstić information content (AvgIpc) is 3.65. The van der Waals surface area contributed by atoms with Crippen LogP contribution in [-0.4, -0.2) is 4.57 Å². The summed E-state index contributed by atoms with van der Waals surface area (Å²) < 4.78 is 8.85. The van der Waals surface area contributed by atoms with Gasteiger partial charge in [-0.2, -0.15) is 0 Å². The lowest BCUT2D eigenvalue weighted by molar-refractivity contribution is 0.602. The van der Waals surface area contributed by atoms with E-state index in [1.54, 1.807) is 0 Å². The van der Waals surface area contributed by atoms with Crippen molar-refractivity contribution < 1.29 is 4.42 Å². The minimum Gasteiger partial charge on any atom is -0.456 e. The first-order chi connectivity index (χ1) is 24.1. The van der Waals surface area contributed by atoms with Crippen LogP contribution in [0.25, 0.3) is 89.7 Å². The van der Waals surface area contributed by atoms with Crippen LogP contribution in [0.3, 0.4) is 0 Å². The summed E-state index contributed by atoms with van der Waals surface area (Å²) in [7, 11) is 0. The zero-order valence-corrected chi connectivity index (χ0v) is 27.7. The maximum atomic E-state index is 6.46. The molecule has 0 aliphatic carbocycles. The van der Waals surface area contributed by atoms with Gasteiger partial charge in [0.15, 0.2) is 0 Å². The third kappa shape index (κ3) is 5.00. The Bertz CT molecular complexity index is 2790. The summed E-state index contributed by atoms with van der Waals surface area (Å²) in [5.41, 5.74) is 10.0. The number of hydrogen-bond donors (Lipinski definition) is 0. The quantitative estimate of drug-likeness (QED) is 0.167. The Morgan fingerprint density at radius 3 is 2.39 bits per heavy atom. The molecular formula is C47H35NO. The highest BCUT2D eigenvalue weighted by molar-refractivity contribution is 6.11. The molecule has 0 atom stereocenters. The first kappa shape index (κ1) is 30.1. The van der Waals surface area contributed by atoms with Gasteiger partial charge in [-0.25, -0.2) is 0 Å². The van der Waals surface area contributed by atoms with E-state index >= 15 is 0 Å². The van der Waals surface area contributed by atoms with Crippen molar-refractivity contribution in [3.8, 4) is 40.3 Å². The minimum atomic E-state index is 0.571. The second-order valence-corrected chi connectivity index (χ2v) is 12.4. The number of nitrogens with zero attached hydrogens (tertiary/aromatic N) is 1. The molecule has 2 aromatic heterocycles. The summed E-state index contributed by atoms with van der Waals surface area (Å²) in [4.78, 5) is 0. The van der Waals surface area contributed by atoms with E-state index in [0.29, 0.717) is 6.42 Å². The molecule has 0 aliphatic heterocycles. The number of para-hydroxylation sites is 2. The highest BCUT2D eigenvalue weighted by atomic mass is 16.3. The molecule has 0 bridgehead atoms. The molecule has 0 saturated carbocycles. The van der Waals surface area contributed by atoms with Crippen molar-refractivity contribution in [3.63, 3.8) is 0 Å². The van der Waals surface area contributed by atoms with Gasteiger partial charge < -0.3 is 8.98 Å². The predicted molar refractivity (Wildman–Crippen MR) is 210 cm³/mol. The van der Waals surface area contributed by atoms with E-state index in [1.165, 1.54) is 43.1 Å². The van der Waals surface area contributed by atoms with Crippen molar-refractivity contribution in [2.24, 2.45) is 0 Å². The summed E-state index contributed by atoms with van der Waals surface area (Å²) in [6.45, 7) is 8.25. The third-order valence-corrected chi connectivity index (χ3v) is 9.60. The van der Waals surface area contributed by atoms with E-state index in [-0.39, 0.29) is 0 Å². The number of allylic oxidation sites excluding steroid dienone is 2. The fourth-order valence-electron chi connectivity index (χ4n) is 7.33. The van der Waals surface area contributed by atoms with Crippen LogP contribution >= 0.6 is 0 Å². The normalized spacial score (nSPS) is 12.6. The molecule has 49 heavy (non-hydrogen) atoms. The molecule has 0 N–H and O–H groups in total. The van der Waals surface area contributed by atoms with Crippen molar-refractivity contribution in [3.05, 3.63) is 156 Å². The molecule has 6 aromatic carbocycles. The van der Waals surface area contributed by atoms with E-state index < -0.39 is 0 Å². The molecule has 8 aromatic rings. The highest BCUT2D eigenvalue weighted by Gasteiger charge is 2.17. The molecule has 0 saturated heterocycles. The highest BCUT2D eigenvalue weighted by Crippen LogP contribution is 2.39. The smallest absolute Gasteiger partial charge is 0.142 e. The van der Waals surface area contributed by atoms with E-state index in [9.17, 15) is 0 Å². The number of terminal acetylenes is 1. The van der Waals surface area contributed by atoms with Gasteiger partial charge in [0.05, 0.1) is 11.0 Å². The molecule has 8 rings (SSSR count). The Hall–Kier alpha value is -6.30. The molecule has 2 nitrogen and oxygen atoms in total. The maximum Gasteiger partial charge on any atom is 0.142 e. The van der Waals surface area contributed by atoms with Crippen molar-refractivity contribution in [1.29, 1.82) is 0 Å². The minimum absolute atomic E-state index is 0.571. The Kier molecular flexibility index (Phi) is 7.59. The maximum absolute atomic E-state index is 6.46. The fourth-order valence-corrected chi connectivity index (χ4v) is 7.33. The third-order valence-electron chi connectivity index (χ3n) is 9.60. The van der Waals surface area contributed by atoms with E-state index in [1.807, 2.05) is 18.2 Å². The number of hydrogen-bond acceptors (Lipinski definition) is 1. The predicted octanol–water partition coefficient (Wildman–Crippen LogP) is 11.1. The molecule has 0 fully saturated rings. The van der Waals surface area contributed by atoms with Crippen molar-refractivity contribution >= 4 is 61.8 Å². The molecule has 0 aliphatic rings. The molecule has 0 radical (unpaired) electrons. The molecule has 2 heterocycles. The number of aryl methyl sites for hydroxylation is 1. The van der Waals surface area contributed by atoms with Gasteiger partial charge in [0.25, 0.3) is 0 Å². The standard InChI is InChI=1S/C47H35NO/c1-5-8-9-25-45-31(4)37-22-15-23-40(47(37)49-45)34-26-27-44-42(30-34)41-21-12-13-24-43(41)48(44)36-19-14-18-35(29-36)46-38(16-6-2)32(7-3)28-33-17-10-11-20-39(33)46/h1,6-7,9-30H,2,8H2,3-4H3/b25-9-,32-7-,38-16+. The van der Waals surface area contributed by atoms with Crippen LogP contribution in [0.15, 0.2) is 138 Å². The van der Waals surface area contributed by atoms with Crippen LogP contribution in [0.2, 0.25) is 0 Å². The first-order valence-electron chi connectivity index (χ1n) is 16.7. The Balaban J connectivity index is 1.34. The Morgan fingerprint density at radius 2 is 1.55 bits per heavy atom. The average molecular weight is 630 g/mol. The molecular weight excluding hydrogens is 595 g/mol. The van der Waals surface area contributed by atoms with Crippen LogP contribution in [-0.2, 0) is 0 Å². The molecule has 234 valence electrons. The lowest BCUT2D eigenvalue weighted by Crippen LogP contribution is -2.26. The topological polar surface area (TPSA) is 18.1 Å². The number of rotatable bonds is 6. The molecule has 0 amide bonds. The summed E-state index contributed by atoms with van der Waals surface area (Å²) in [5.74, 6) is 3.51. The number of fused-ring (bicyclic) bond motifs is 5. The van der Waals surface area contributed by atoms with Crippen LogP contribution in [0, 0.1) is 19.3 Å². The van der Waals surface area contributed by atoms with Gasteiger partial charge in [-0.15, -0.1) is 12.3 Å². The lowest BCUT2D eigenvalue weighted by atomic mass is 9.94. The fraction of sp³-hybridized carbons (Fsp3) is 0.0638. The van der Waals surface area contributed by atoms with Gasteiger partial charge >= 0.3 is 0 Å². The van der Waals surface area contributed by atoms with E-state index in [2.05, 4.69) is 158 Å². The largest absolute Gasteiger partial charge is 0.456 e. The molecule has 2 heteroatoms. The van der Waals surface area contributed by atoms with E-state index in [4.69, 9.17) is 10.8 Å². The van der Waals surface area contributed by atoms with Gasteiger partial charge in [-0.3, -0.25) is 0 Å². The van der Waals surface area contributed by atoms with Gasteiger partial charge in [0.2, 0.25) is 0 Å². The van der Waals surface area contributed by atoms with Crippen LogP contribution in [0.1, 0.15) is 24.7 Å². The van der Waals surface area contributed by atoms with Gasteiger partial charge in [0, 0.05) is 39.4 Å². The van der Waals surface area contributed by atoms with Gasteiger partial charge in [-0.1, -0.05) is 110 Å². The zero-order chi connectivity index (χ0) is 33.5. The van der Waals surface area contributed by atoms with Crippen molar-refractivity contribution in [2.45, 2.75) is 20.3 Å².